The van der Waals surface area contributed by atoms with Crippen molar-refractivity contribution in [1.82, 2.24) is 15.1 Å². The second kappa shape index (κ2) is 9.77. The van der Waals surface area contributed by atoms with Gasteiger partial charge in [-0.1, -0.05) is 0 Å². The molecule has 1 rings (SSSR count). The van der Waals surface area contributed by atoms with Crippen molar-refractivity contribution in [1.29, 1.82) is 5.26 Å². The molecule has 7 nitrogen and oxygen atoms in total. The predicted molar refractivity (Wildman–Crippen MR) is 77.0 cm³/mol. The Bertz CT molecular complexity index is 409. The van der Waals surface area contributed by atoms with E-state index >= 15 is 0 Å². The minimum Gasteiger partial charge on any atom is -0.382 e. The van der Waals surface area contributed by atoms with E-state index in [4.69, 9.17) is 10.00 Å². The number of hydrogen-bond acceptors (Lipinski definition) is 5. The summed E-state index contributed by atoms with van der Waals surface area (Å²) in [7, 11) is 0. The summed E-state index contributed by atoms with van der Waals surface area (Å²) in [6.45, 7) is 6.11. The Morgan fingerprint density at radius 2 is 2.00 bits per heavy atom. The van der Waals surface area contributed by atoms with E-state index in [1.54, 1.807) is 11.1 Å². The molecule has 7 heteroatoms. The van der Waals surface area contributed by atoms with Gasteiger partial charge in [-0.05, 0) is 13.3 Å². The van der Waals surface area contributed by atoms with Crippen molar-refractivity contribution in [2.24, 2.45) is 0 Å². The van der Waals surface area contributed by atoms with Crippen LogP contribution < -0.4 is 5.32 Å². The van der Waals surface area contributed by atoms with Crippen molar-refractivity contribution >= 4 is 12.3 Å². The SMILES string of the molecule is CCOCCCNC(=O)/C(C#N)=C\N1CCN(C=O)CC1. The van der Waals surface area contributed by atoms with E-state index < -0.39 is 0 Å². The molecule has 1 N–H and O–H groups in total. The molecule has 0 aromatic carbocycles. The lowest BCUT2D eigenvalue weighted by molar-refractivity contribution is -0.119. The molecular weight excluding hydrogens is 272 g/mol. The van der Waals surface area contributed by atoms with Crippen molar-refractivity contribution in [3.8, 4) is 6.07 Å². The second-order valence-corrected chi connectivity index (χ2v) is 4.64. The summed E-state index contributed by atoms with van der Waals surface area (Å²) in [5.41, 5.74) is 0.0889. The molecule has 21 heavy (non-hydrogen) atoms. The first-order valence-electron chi connectivity index (χ1n) is 7.12. The predicted octanol–water partition coefficient (Wildman–Crippen LogP) is -0.289. The summed E-state index contributed by atoms with van der Waals surface area (Å²) in [5.74, 6) is -0.369. The Balaban J connectivity index is 2.39. The number of nitriles is 1. The molecule has 0 unspecified atom stereocenters. The van der Waals surface area contributed by atoms with Crippen LogP contribution >= 0.6 is 0 Å². The number of amides is 2. The zero-order chi connectivity index (χ0) is 15.5. The van der Waals surface area contributed by atoms with E-state index in [9.17, 15) is 9.59 Å². The van der Waals surface area contributed by atoms with E-state index in [-0.39, 0.29) is 11.5 Å². The quantitative estimate of drug-likeness (QED) is 0.288. The van der Waals surface area contributed by atoms with Crippen LogP contribution in [0.15, 0.2) is 11.8 Å². The number of hydrogen-bond donors (Lipinski definition) is 1. The van der Waals surface area contributed by atoms with E-state index in [1.165, 1.54) is 0 Å². The molecule has 2 amide bonds. The van der Waals surface area contributed by atoms with Crippen molar-refractivity contribution < 1.29 is 14.3 Å². The van der Waals surface area contributed by atoms with Crippen molar-refractivity contribution in [2.75, 3.05) is 45.9 Å². The van der Waals surface area contributed by atoms with Gasteiger partial charge in [-0.3, -0.25) is 9.59 Å². The number of nitrogens with zero attached hydrogens (tertiary/aromatic N) is 3. The van der Waals surface area contributed by atoms with Crippen LogP contribution in [-0.4, -0.2) is 68.1 Å². The van der Waals surface area contributed by atoms with Crippen LogP contribution in [0, 0.1) is 11.3 Å². The maximum atomic E-state index is 11.9. The van der Waals surface area contributed by atoms with Gasteiger partial charge in [-0.15, -0.1) is 0 Å². The molecule has 0 aromatic rings. The highest BCUT2D eigenvalue weighted by Gasteiger charge is 2.15. The van der Waals surface area contributed by atoms with Crippen LogP contribution in [0.5, 0.6) is 0 Å². The van der Waals surface area contributed by atoms with Crippen LogP contribution in [0.1, 0.15) is 13.3 Å². The fourth-order valence-corrected chi connectivity index (χ4v) is 1.91. The Morgan fingerprint density at radius 1 is 1.33 bits per heavy atom. The maximum absolute atomic E-state index is 11.9. The summed E-state index contributed by atoms with van der Waals surface area (Å²) in [6, 6.07) is 1.92. The third-order valence-corrected chi connectivity index (χ3v) is 3.13. The maximum Gasteiger partial charge on any atom is 0.263 e. The smallest absolute Gasteiger partial charge is 0.263 e. The lowest BCUT2D eigenvalue weighted by Crippen LogP contribution is -2.43. The van der Waals surface area contributed by atoms with E-state index in [2.05, 4.69) is 5.32 Å². The Hall–Kier alpha value is -2.07. The molecule has 1 fully saturated rings. The monoisotopic (exact) mass is 294 g/mol. The molecule has 0 aliphatic carbocycles. The average molecular weight is 294 g/mol. The van der Waals surface area contributed by atoms with Gasteiger partial charge in [-0.2, -0.15) is 5.26 Å². The van der Waals surface area contributed by atoms with Gasteiger partial charge >= 0.3 is 0 Å². The molecule has 0 atom stereocenters. The van der Waals surface area contributed by atoms with Crippen LogP contribution in [-0.2, 0) is 14.3 Å². The minimum absolute atomic E-state index is 0.0889. The number of ether oxygens (including phenoxy) is 1. The molecule has 0 saturated carbocycles. The molecule has 1 heterocycles. The standard InChI is InChI=1S/C14H22N4O3/c1-2-21-9-3-4-16-14(20)13(10-15)11-17-5-7-18(12-19)8-6-17/h11-12H,2-9H2,1H3,(H,16,20)/b13-11-. The van der Waals surface area contributed by atoms with Crippen LogP contribution in [0.2, 0.25) is 0 Å². The molecule has 0 spiro atoms. The number of carbonyl (C=O) groups is 2. The fourth-order valence-electron chi connectivity index (χ4n) is 1.91. The molecule has 116 valence electrons. The second-order valence-electron chi connectivity index (χ2n) is 4.64. The van der Waals surface area contributed by atoms with Gasteiger partial charge in [0.15, 0.2) is 0 Å². The summed E-state index contributed by atoms with van der Waals surface area (Å²) in [5, 5.41) is 11.8. The van der Waals surface area contributed by atoms with Gasteiger partial charge in [0.1, 0.15) is 11.6 Å². The molecular formula is C14H22N4O3. The lowest BCUT2D eigenvalue weighted by Gasteiger charge is -2.31. The topological polar surface area (TPSA) is 85.7 Å². The lowest BCUT2D eigenvalue weighted by atomic mass is 10.2. The van der Waals surface area contributed by atoms with Crippen molar-refractivity contribution in [3.63, 3.8) is 0 Å². The minimum atomic E-state index is -0.369. The van der Waals surface area contributed by atoms with Gasteiger partial charge in [-0.25, -0.2) is 0 Å². The van der Waals surface area contributed by atoms with E-state index in [0.717, 1.165) is 12.8 Å². The third kappa shape index (κ3) is 6.27. The third-order valence-electron chi connectivity index (χ3n) is 3.13. The normalized spacial score (nSPS) is 15.5. The highest BCUT2D eigenvalue weighted by Crippen LogP contribution is 2.03. The van der Waals surface area contributed by atoms with E-state index in [1.807, 2.05) is 17.9 Å². The highest BCUT2D eigenvalue weighted by atomic mass is 16.5. The molecule has 1 aliphatic heterocycles. The molecule has 0 radical (unpaired) electrons. The van der Waals surface area contributed by atoms with Crippen LogP contribution in [0.4, 0.5) is 0 Å². The van der Waals surface area contributed by atoms with Crippen molar-refractivity contribution in [2.45, 2.75) is 13.3 Å². The van der Waals surface area contributed by atoms with Gasteiger partial charge in [0.05, 0.1) is 0 Å². The summed E-state index contributed by atoms with van der Waals surface area (Å²) in [6.07, 6.45) is 3.10. The van der Waals surface area contributed by atoms with E-state index in [0.29, 0.717) is 45.9 Å². The Kier molecular flexibility index (Phi) is 7.90. The first kappa shape index (κ1) is 17.0. The molecule has 0 bridgehead atoms. The van der Waals surface area contributed by atoms with Crippen LogP contribution in [0.3, 0.4) is 0 Å². The summed E-state index contributed by atoms with van der Waals surface area (Å²) < 4.78 is 5.17. The molecule has 1 saturated heterocycles. The zero-order valence-electron chi connectivity index (χ0n) is 12.4. The fraction of sp³-hybridized carbons (Fsp3) is 0.643. The largest absolute Gasteiger partial charge is 0.382 e. The number of nitrogens with one attached hydrogen (secondary N) is 1. The summed E-state index contributed by atoms with van der Waals surface area (Å²) in [4.78, 5) is 26.0. The first-order chi connectivity index (χ1) is 10.2. The number of rotatable bonds is 8. The average Bonchev–Trinajstić information content (AvgIpc) is 2.52. The zero-order valence-corrected chi connectivity index (χ0v) is 12.4. The van der Waals surface area contributed by atoms with Gasteiger partial charge < -0.3 is 19.9 Å². The van der Waals surface area contributed by atoms with Crippen LogP contribution in [0.25, 0.3) is 0 Å². The van der Waals surface area contributed by atoms with Crippen molar-refractivity contribution in [3.05, 3.63) is 11.8 Å². The molecule has 0 aromatic heterocycles. The van der Waals surface area contributed by atoms with Gasteiger partial charge in [0.25, 0.3) is 5.91 Å². The molecule has 1 aliphatic rings. The Morgan fingerprint density at radius 3 is 2.57 bits per heavy atom. The number of piperazine rings is 1. The van der Waals surface area contributed by atoms with Gasteiger partial charge in [0, 0.05) is 52.1 Å². The first-order valence-corrected chi connectivity index (χ1v) is 7.12. The number of carbonyl (C=O) groups excluding carboxylic acids is 2. The summed E-state index contributed by atoms with van der Waals surface area (Å²) >= 11 is 0. The van der Waals surface area contributed by atoms with Gasteiger partial charge in [0.2, 0.25) is 6.41 Å². The highest BCUT2D eigenvalue weighted by molar-refractivity contribution is 5.97. The Labute approximate surface area is 125 Å².